The summed E-state index contributed by atoms with van der Waals surface area (Å²) in [6, 6.07) is 9.36. The van der Waals surface area contributed by atoms with Crippen LogP contribution in [0.15, 0.2) is 58.7 Å². The predicted molar refractivity (Wildman–Crippen MR) is 151 cm³/mol. The largest absolute Gasteiger partial charge is 0.477 e. The maximum atomic E-state index is 13.3. The number of nitrogens with one attached hydrogen (secondary N) is 1. The quantitative estimate of drug-likeness (QED) is 0.162. The third-order valence-electron chi connectivity index (χ3n) is 5.77. The van der Waals surface area contributed by atoms with Crippen LogP contribution < -0.4 is 15.8 Å². The van der Waals surface area contributed by atoms with E-state index < -0.39 is 15.7 Å². The third-order valence-corrected chi connectivity index (χ3v) is 8.47. The van der Waals surface area contributed by atoms with Crippen molar-refractivity contribution in [3.8, 4) is 5.88 Å². The van der Waals surface area contributed by atoms with Gasteiger partial charge < -0.3 is 24.8 Å². The van der Waals surface area contributed by atoms with Crippen molar-refractivity contribution < 1.29 is 32.3 Å². The van der Waals surface area contributed by atoms with Crippen LogP contribution in [0.1, 0.15) is 24.8 Å². The predicted octanol–water partition coefficient (Wildman–Crippen LogP) is 2.89. The first-order chi connectivity index (χ1) is 19.2. The number of carbonyl (C=O) groups excluding carboxylic acids is 1. The number of carbonyl (C=O) groups is 1. The van der Waals surface area contributed by atoms with Crippen LogP contribution in [0.2, 0.25) is 0 Å². The number of sulfone groups is 1. The number of pyridine rings is 1. The number of hydrogen-bond donors (Lipinski definition) is 2. The number of aromatic nitrogens is 2. The average molecular weight is 590 g/mol. The van der Waals surface area contributed by atoms with Crippen molar-refractivity contribution in [2.24, 2.45) is 10.9 Å². The molecule has 12 nitrogen and oxygen atoms in total. The molecule has 3 N–H and O–H groups in total. The maximum absolute atomic E-state index is 13.3. The van der Waals surface area contributed by atoms with E-state index in [9.17, 15) is 13.2 Å². The van der Waals surface area contributed by atoms with E-state index >= 15 is 0 Å². The Morgan fingerprint density at radius 2 is 2.02 bits per heavy atom. The number of ether oxygens (including phenoxy) is 3. The van der Waals surface area contributed by atoms with Crippen molar-refractivity contribution in [3.05, 3.63) is 54.2 Å². The van der Waals surface area contributed by atoms with Crippen molar-refractivity contribution >= 4 is 48.3 Å². The molecule has 1 aliphatic heterocycles. The van der Waals surface area contributed by atoms with Gasteiger partial charge in [-0.3, -0.25) is 10.1 Å². The van der Waals surface area contributed by atoms with E-state index in [0.717, 1.165) is 0 Å². The summed E-state index contributed by atoms with van der Waals surface area (Å²) < 4.78 is 41.1. The zero-order chi connectivity index (χ0) is 28.5. The molecule has 1 aliphatic rings. The van der Waals surface area contributed by atoms with Crippen molar-refractivity contribution in [3.63, 3.8) is 0 Å². The van der Waals surface area contributed by atoms with Gasteiger partial charge in [0.05, 0.1) is 30.5 Å². The van der Waals surface area contributed by atoms with E-state index in [1.54, 1.807) is 12.1 Å². The van der Waals surface area contributed by atoms with Gasteiger partial charge in [0, 0.05) is 43.9 Å². The summed E-state index contributed by atoms with van der Waals surface area (Å²) >= 11 is 1.17. The number of oxime groups is 1. The Labute approximate surface area is 236 Å². The van der Waals surface area contributed by atoms with Gasteiger partial charge in [0.25, 0.3) is 5.91 Å². The molecule has 1 atom stereocenters. The highest BCUT2D eigenvalue weighted by Gasteiger charge is 2.22. The number of nitrogens with two attached hydrogens (primary N) is 1. The molecule has 1 fully saturated rings. The topological polar surface area (TPSA) is 164 Å². The number of thiazole rings is 1. The highest BCUT2D eigenvalue weighted by molar-refractivity contribution is 7.91. The molecule has 0 bridgehead atoms. The van der Waals surface area contributed by atoms with Gasteiger partial charge in [-0.2, -0.15) is 0 Å². The van der Waals surface area contributed by atoms with Crippen LogP contribution in [0.25, 0.3) is 10.3 Å². The minimum absolute atomic E-state index is 0.0338. The van der Waals surface area contributed by atoms with Crippen LogP contribution in [-0.2, 0) is 28.9 Å². The zero-order valence-electron chi connectivity index (χ0n) is 22.0. The molecule has 214 valence electrons. The summed E-state index contributed by atoms with van der Waals surface area (Å²) in [7, 11) is -1.98. The Morgan fingerprint density at radius 1 is 1.23 bits per heavy atom. The van der Waals surface area contributed by atoms with Crippen LogP contribution in [0.3, 0.4) is 0 Å². The molecule has 2 aromatic heterocycles. The van der Waals surface area contributed by atoms with Gasteiger partial charge in [0.15, 0.2) is 26.8 Å². The van der Waals surface area contributed by atoms with E-state index in [0.29, 0.717) is 78.3 Å². The minimum Gasteiger partial charge on any atom is -0.477 e. The van der Waals surface area contributed by atoms with Crippen LogP contribution in [-0.4, -0.2) is 75.4 Å². The van der Waals surface area contributed by atoms with Gasteiger partial charge in [0.2, 0.25) is 5.88 Å². The molecule has 1 amide bonds. The van der Waals surface area contributed by atoms with E-state index in [1.165, 1.54) is 42.7 Å². The third kappa shape index (κ3) is 7.97. The second-order valence-corrected chi connectivity index (χ2v) is 12.0. The van der Waals surface area contributed by atoms with E-state index in [4.69, 9.17) is 24.8 Å². The summed E-state index contributed by atoms with van der Waals surface area (Å²) in [5.74, 6) is -0.221. The molecular weight excluding hydrogens is 558 g/mol. The minimum atomic E-state index is -3.50. The molecule has 0 spiro atoms. The number of anilines is 1. The van der Waals surface area contributed by atoms with Gasteiger partial charge in [-0.25, -0.2) is 18.4 Å². The molecule has 0 radical (unpaired) electrons. The lowest BCUT2D eigenvalue weighted by Gasteiger charge is -2.10. The van der Waals surface area contributed by atoms with Crippen LogP contribution in [0, 0.1) is 0 Å². The zero-order valence-corrected chi connectivity index (χ0v) is 23.6. The summed E-state index contributed by atoms with van der Waals surface area (Å²) in [5.41, 5.74) is 7.01. The van der Waals surface area contributed by atoms with Crippen molar-refractivity contribution in [2.45, 2.75) is 30.3 Å². The molecule has 40 heavy (non-hydrogen) atoms. The highest BCUT2D eigenvalue weighted by Crippen LogP contribution is 2.27. The number of methoxy groups -OCH3 is 1. The Balaban J connectivity index is 1.52. The van der Waals surface area contributed by atoms with E-state index in [2.05, 4.69) is 27.0 Å². The SMILES string of the molecule is C=C(N)CCOc1ccc2nc(NC(=O)/C(=N/O[C@@H]3CCOC3)c3ccc(S(=O)(=O)CCCOC)cc3)sc2n1. The number of benzene rings is 1. The summed E-state index contributed by atoms with van der Waals surface area (Å²) in [4.78, 5) is 28.5. The number of fused-ring (bicyclic) bond motifs is 1. The van der Waals surface area contributed by atoms with Crippen molar-refractivity contribution in [1.29, 1.82) is 0 Å². The van der Waals surface area contributed by atoms with Crippen LogP contribution in [0.5, 0.6) is 5.88 Å². The molecule has 0 aliphatic carbocycles. The fraction of sp³-hybridized carbons (Fsp3) is 0.385. The molecule has 0 saturated carbocycles. The number of nitrogens with zero attached hydrogens (tertiary/aromatic N) is 3. The summed E-state index contributed by atoms with van der Waals surface area (Å²) in [5, 5.41) is 7.17. The lowest BCUT2D eigenvalue weighted by Crippen LogP contribution is -2.25. The van der Waals surface area contributed by atoms with Crippen molar-refractivity contribution in [1.82, 2.24) is 9.97 Å². The first kappa shape index (κ1) is 29.4. The summed E-state index contributed by atoms with van der Waals surface area (Å²) in [6.07, 6.45) is 1.23. The smallest absolute Gasteiger partial charge is 0.280 e. The molecule has 3 heterocycles. The molecule has 14 heteroatoms. The monoisotopic (exact) mass is 589 g/mol. The van der Waals surface area contributed by atoms with E-state index in [-0.39, 0.29) is 22.5 Å². The first-order valence-electron chi connectivity index (χ1n) is 12.5. The van der Waals surface area contributed by atoms with Gasteiger partial charge in [-0.15, -0.1) is 0 Å². The Kier molecular flexibility index (Phi) is 10.0. The first-order valence-corrected chi connectivity index (χ1v) is 15.0. The van der Waals surface area contributed by atoms with Crippen molar-refractivity contribution in [2.75, 3.05) is 44.6 Å². The standard InChI is InChI=1S/C26H31N5O7S2/c1-17(27)10-14-37-22-9-8-21-25(29-22)39-26(28-21)30-24(32)23(31-38-19-11-13-36-16-19)18-4-6-20(7-5-18)40(33,34)15-3-12-35-2/h4-9,19H,1,3,10-16,27H2,2H3,(H,28,30,32)/b31-23+/t19-/m1/s1. The van der Waals surface area contributed by atoms with Gasteiger partial charge >= 0.3 is 0 Å². The Morgan fingerprint density at radius 3 is 2.73 bits per heavy atom. The molecule has 1 saturated heterocycles. The van der Waals surface area contributed by atoms with Gasteiger partial charge in [0.1, 0.15) is 10.3 Å². The fourth-order valence-corrected chi connectivity index (χ4v) is 5.77. The lowest BCUT2D eigenvalue weighted by molar-refractivity contribution is -0.110. The Bertz CT molecular complexity index is 1470. The van der Waals surface area contributed by atoms with Gasteiger partial charge in [-0.1, -0.05) is 35.2 Å². The second-order valence-electron chi connectivity index (χ2n) is 8.92. The maximum Gasteiger partial charge on any atom is 0.280 e. The van der Waals surface area contributed by atoms with Gasteiger partial charge in [-0.05, 0) is 24.6 Å². The fourth-order valence-electron chi connectivity index (χ4n) is 3.66. The van der Waals surface area contributed by atoms with E-state index in [1.807, 2.05) is 0 Å². The number of amides is 1. The number of hydrogen-bond acceptors (Lipinski definition) is 12. The van der Waals surface area contributed by atoms with Crippen LogP contribution in [0.4, 0.5) is 5.13 Å². The normalized spacial score (nSPS) is 15.7. The van der Waals surface area contributed by atoms with Crippen LogP contribution >= 0.6 is 11.3 Å². The molecule has 3 aromatic rings. The average Bonchev–Trinajstić information content (AvgIpc) is 3.58. The molecule has 4 rings (SSSR count). The lowest BCUT2D eigenvalue weighted by atomic mass is 10.1. The molecular formula is C26H31N5O7S2. The summed E-state index contributed by atoms with van der Waals surface area (Å²) in [6.45, 7) is 5.24. The molecule has 1 aromatic carbocycles. The number of rotatable bonds is 14. The molecule has 0 unspecified atom stereocenters. The highest BCUT2D eigenvalue weighted by atomic mass is 32.2. The Hall–Kier alpha value is -3.59. The second kappa shape index (κ2) is 13.7.